The molecule has 1 amide bonds. The third-order valence-corrected chi connectivity index (χ3v) is 7.17. The quantitative estimate of drug-likeness (QED) is 0.871. The first-order chi connectivity index (χ1) is 13.7. The second kappa shape index (κ2) is 6.00. The number of benzene rings is 1. The molecule has 1 aliphatic heterocycles. The molecule has 4 fully saturated rings. The topological polar surface area (TPSA) is 73.6 Å². The van der Waals surface area contributed by atoms with Crippen molar-refractivity contribution < 1.29 is 18.8 Å². The minimum absolute atomic E-state index is 0.126. The van der Waals surface area contributed by atoms with Gasteiger partial charge in [0.2, 0.25) is 12.7 Å². The van der Waals surface area contributed by atoms with Crippen LogP contribution in [0.3, 0.4) is 0 Å². The summed E-state index contributed by atoms with van der Waals surface area (Å²) in [6.45, 7) is 0.658. The lowest BCUT2D eigenvalue weighted by molar-refractivity contribution is -0.146. The lowest BCUT2D eigenvalue weighted by Gasteiger charge is -2.55. The van der Waals surface area contributed by atoms with E-state index >= 15 is 0 Å². The van der Waals surface area contributed by atoms with Crippen LogP contribution in [0.15, 0.2) is 28.8 Å². The lowest BCUT2D eigenvalue weighted by Crippen LogP contribution is -2.53. The van der Waals surface area contributed by atoms with Crippen molar-refractivity contribution in [1.29, 1.82) is 0 Å². The molecule has 1 N–H and O–H groups in total. The molecule has 4 aliphatic carbocycles. The number of hydrogen-bond acceptors (Lipinski definition) is 5. The van der Waals surface area contributed by atoms with E-state index in [1.54, 1.807) is 0 Å². The van der Waals surface area contributed by atoms with Crippen LogP contribution in [0.1, 0.15) is 44.2 Å². The van der Waals surface area contributed by atoms with E-state index in [-0.39, 0.29) is 18.1 Å². The summed E-state index contributed by atoms with van der Waals surface area (Å²) in [4.78, 5) is 13.1. The van der Waals surface area contributed by atoms with Gasteiger partial charge in [0.1, 0.15) is 5.69 Å². The molecule has 0 unspecified atom stereocenters. The number of aromatic nitrogens is 1. The summed E-state index contributed by atoms with van der Waals surface area (Å²) >= 11 is 0. The maximum Gasteiger partial charge on any atom is 0.231 e. The number of carbonyl (C=O) groups is 1. The molecular weight excluding hydrogens is 356 g/mol. The summed E-state index contributed by atoms with van der Waals surface area (Å²) in [6.07, 6.45) is 7.25. The van der Waals surface area contributed by atoms with Crippen molar-refractivity contribution in [2.45, 2.75) is 45.1 Å². The summed E-state index contributed by atoms with van der Waals surface area (Å²) in [5.74, 6) is 4.64. The number of hydrogen-bond donors (Lipinski definition) is 1. The molecular formula is C22H24N2O4. The normalized spacial score (nSPS) is 31.9. The molecule has 4 saturated carbocycles. The van der Waals surface area contributed by atoms with Crippen LogP contribution in [0.25, 0.3) is 11.3 Å². The molecule has 1 aromatic carbocycles. The van der Waals surface area contributed by atoms with Gasteiger partial charge in [-0.1, -0.05) is 5.16 Å². The second-order valence-electron chi connectivity index (χ2n) is 9.13. The van der Waals surface area contributed by atoms with Crippen LogP contribution in [0.4, 0.5) is 0 Å². The number of nitrogens with zero attached hydrogens (tertiary/aromatic N) is 1. The first-order valence-corrected chi connectivity index (χ1v) is 10.3. The van der Waals surface area contributed by atoms with Gasteiger partial charge in [-0.3, -0.25) is 4.79 Å². The van der Waals surface area contributed by atoms with Gasteiger partial charge in [0.15, 0.2) is 17.3 Å². The van der Waals surface area contributed by atoms with Crippen LogP contribution in [-0.2, 0) is 11.3 Å². The van der Waals surface area contributed by atoms with E-state index in [1.807, 2.05) is 24.3 Å². The van der Waals surface area contributed by atoms with Gasteiger partial charge in [-0.2, -0.15) is 0 Å². The van der Waals surface area contributed by atoms with Gasteiger partial charge in [-0.15, -0.1) is 0 Å². The highest BCUT2D eigenvalue weighted by Crippen LogP contribution is 2.60. The third kappa shape index (κ3) is 2.61. The summed E-state index contributed by atoms with van der Waals surface area (Å²) < 4.78 is 16.3. The molecule has 2 aromatic rings. The van der Waals surface area contributed by atoms with Gasteiger partial charge < -0.3 is 19.3 Å². The Bertz CT molecular complexity index is 899. The molecule has 6 heteroatoms. The first kappa shape index (κ1) is 16.5. The van der Waals surface area contributed by atoms with Gasteiger partial charge in [-0.25, -0.2) is 0 Å². The van der Waals surface area contributed by atoms with Crippen LogP contribution >= 0.6 is 0 Å². The Morgan fingerprint density at radius 2 is 1.75 bits per heavy atom. The standard InChI is InChI=1S/C22H24N2O4/c25-21(22-8-13-3-14(9-22)5-15(4-13)10-22)23-11-17-7-19(28-24-17)16-1-2-18-20(6-16)27-12-26-18/h1-2,6-7,13-15H,3-5,8-12H2,(H,23,25). The molecule has 5 aliphatic rings. The van der Waals surface area contributed by atoms with Crippen molar-refractivity contribution in [3.63, 3.8) is 0 Å². The second-order valence-corrected chi connectivity index (χ2v) is 9.13. The Labute approximate surface area is 163 Å². The summed E-state index contributed by atoms with van der Waals surface area (Å²) in [5, 5.41) is 7.30. The monoisotopic (exact) mass is 380 g/mol. The van der Waals surface area contributed by atoms with Crippen LogP contribution in [0, 0.1) is 23.2 Å². The maximum atomic E-state index is 13.1. The van der Waals surface area contributed by atoms with Crippen molar-refractivity contribution in [2.75, 3.05) is 6.79 Å². The van der Waals surface area contributed by atoms with Crippen molar-refractivity contribution >= 4 is 5.91 Å². The van der Waals surface area contributed by atoms with Crippen molar-refractivity contribution in [3.8, 4) is 22.8 Å². The molecule has 146 valence electrons. The number of amides is 1. The van der Waals surface area contributed by atoms with E-state index < -0.39 is 0 Å². The average molecular weight is 380 g/mol. The molecule has 7 rings (SSSR count). The predicted molar refractivity (Wildman–Crippen MR) is 101 cm³/mol. The van der Waals surface area contributed by atoms with Crippen molar-refractivity contribution in [3.05, 3.63) is 30.0 Å². The van der Waals surface area contributed by atoms with Gasteiger partial charge in [0.05, 0.1) is 6.54 Å². The fourth-order valence-electron chi connectivity index (χ4n) is 6.33. The molecule has 2 heterocycles. The molecule has 0 atom stereocenters. The molecule has 6 nitrogen and oxygen atoms in total. The van der Waals surface area contributed by atoms with E-state index in [0.717, 1.165) is 54.0 Å². The Morgan fingerprint density at radius 1 is 1.04 bits per heavy atom. The number of nitrogens with one attached hydrogen (secondary N) is 1. The number of ether oxygens (including phenoxy) is 2. The van der Waals surface area contributed by atoms with Crippen LogP contribution in [-0.4, -0.2) is 17.9 Å². The number of fused-ring (bicyclic) bond motifs is 1. The minimum atomic E-state index is -0.126. The molecule has 0 radical (unpaired) electrons. The zero-order valence-corrected chi connectivity index (χ0v) is 15.8. The Morgan fingerprint density at radius 3 is 2.50 bits per heavy atom. The maximum absolute atomic E-state index is 13.1. The summed E-state index contributed by atoms with van der Waals surface area (Å²) in [6, 6.07) is 7.57. The molecule has 0 spiro atoms. The van der Waals surface area contributed by atoms with Crippen molar-refractivity contribution in [2.24, 2.45) is 23.2 Å². The van der Waals surface area contributed by atoms with Gasteiger partial charge in [-0.05, 0) is 74.5 Å². The highest BCUT2D eigenvalue weighted by Gasteiger charge is 2.54. The SMILES string of the molecule is O=C(NCc1cc(-c2ccc3c(c2)OCO3)on1)C12CC3CC(CC(C3)C1)C2. The number of carbonyl (C=O) groups excluding carboxylic acids is 1. The number of rotatable bonds is 4. The van der Waals surface area contributed by atoms with E-state index in [1.165, 1.54) is 19.3 Å². The Hall–Kier alpha value is -2.50. The fraction of sp³-hybridized carbons (Fsp3) is 0.545. The first-order valence-electron chi connectivity index (χ1n) is 10.3. The zero-order valence-electron chi connectivity index (χ0n) is 15.8. The molecule has 4 bridgehead atoms. The van der Waals surface area contributed by atoms with E-state index in [9.17, 15) is 4.79 Å². The van der Waals surface area contributed by atoms with Crippen LogP contribution in [0.5, 0.6) is 11.5 Å². The van der Waals surface area contributed by atoms with Gasteiger partial charge in [0, 0.05) is 17.0 Å². The zero-order chi connectivity index (χ0) is 18.7. The third-order valence-electron chi connectivity index (χ3n) is 7.17. The summed E-state index contributed by atoms with van der Waals surface area (Å²) in [5.41, 5.74) is 1.50. The minimum Gasteiger partial charge on any atom is -0.454 e. The van der Waals surface area contributed by atoms with Crippen molar-refractivity contribution in [1.82, 2.24) is 10.5 Å². The molecule has 0 saturated heterocycles. The smallest absolute Gasteiger partial charge is 0.231 e. The molecule has 28 heavy (non-hydrogen) atoms. The largest absolute Gasteiger partial charge is 0.454 e. The Kier molecular flexibility index (Phi) is 3.52. The van der Waals surface area contributed by atoms with Crippen LogP contribution in [0.2, 0.25) is 0 Å². The lowest BCUT2D eigenvalue weighted by atomic mass is 9.49. The fourth-order valence-corrected chi connectivity index (χ4v) is 6.33. The summed E-state index contributed by atoms with van der Waals surface area (Å²) in [7, 11) is 0. The van der Waals surface area contributed by atoms with Gasteiger partial charge in [0.25, 0.3) is 0 Å². The van der Waals surface area contributed by atoms with E-state index in [4.69, 9.17) is 14.0 Å². The van der Waals surface area contributed by atoms with Gasteiger partial charge >= 0.3 is 0 Å². The highest BCUT2D eigenvalue weighted by molar-refractivity contribution is 5.83. The average Bonchev–Trinajstić information content (AvgIpc) is 3.33. The van der Waals surface area contributed by atoms with E-state index in [2.05, 4.69) is 10.5 Å². The van der Waals surface area contributed by atoms with E-state index in [0.29, 0.717) is 18.1 Å². The highest BCUT2D eigenvalue weighted by atomic mass is 16.7. The molecule has 1 aromatic heterocycles. The van der Waals surface area contributed by atoms with Crippen LogP contribution < -0.4 is 14.8 Å². The predicted octanol–water partition coefficient (Wildman–Crippen LogP) is 3.90. The Balaban J connectivity index is 1.14.